The van der Waals surface area contributed by atoms with Gasteiger partial charge in [0.2, 0.25) is 0 Å². The normalized spacial score (nSPS) is 10.7. The van der Waals surface area contributed by atoms with Crippen LogP contribution in [0, 0.1) is 0 Å². The first kappa shape index (κ1) is 33.6. The highest BCUT2D eigenvalue weighted by Crippen LogP contribution is 2.10. The Bertz CT molecular complexity index is 1810. The van der Waals surface area contributed by atoms with Gasteiger partial charge in [-0.1, -0.05) is 170 Å². The lowest BCUT2D eigenvalue weighted by atomic mass is 10.1. The molecule has 0 fully saturated rings. The summed E-state index contributed by atoms with van der Waals surface area (Å²) in [4.78, 5) is 11.7. The van der Waals surface area contributed by atoms with Crippen molar-refractivity contribution in [1.82, 2.24) is 0 Å². The van der Waals surface area contributed by atoms with Crippen molar-refractivity contribution < 1.29 is 4.79 Å². The highest BCUT2D eigenvalue weighted by Gasteiger charge is 2.00. The summed E-state index contributed by atoms with van der Waals surface area (Å²) in [5.74, 6) is 5.13. The molecule has 6 rings (SSSR count). The van der Waals surface area contributed by atoms with E-state index in [1.54, 1.807) is 6.08 Å². The van der Waals surface area contributed by atoms with Crippen LogP contribution in [0.2, 0.25) is 0 Å². The van der Waals surface area contributed by atoms with E-state index >= 15 is 0 Å². The summed E-state index contributed by atoms with van der Waals surface area (Å²) in [5.41, 5.74) is 12.4. The average Bonchev–Trinajstić information content (AvgIpc) is 3.16. The van der Waals surface area contributed by atoms with E-state index in [9.17, 15) is 4.79 Å². The van der Waals surface area contributed by atoms with Crippen LogP contribution >= 0.6 is 0 Å². The Kier molecular flexibility index (Phi) is 14.2. The standard InChI is InChI=1S/C21H18N2.C15H12O.C6H8N2/c1-4-10-18(11-5-1)16-17-21(19-12-6-2-7-13-19)23-22-20-14-8-3-9-15-20;16-15(14-9-5-2-6-10-14)12-11-13-7-3-1-4-8-13;7-8-6-4-2-1-3-5-6/h1-17,22H;1-12H;1-5,8H,7H2. The molecule has 0 saturated heterocycles. The third-order valence-corrected chi connectivity index (χ3v) is 6.61. The molecule has 0 spiro atoms. The van der Waals surface area contributed by atoms with Crippen molar-refractivity contribution in [1.29, 1.82) is 0 Å². The predicted molar refractivity (Wildman–Crippen MR) is 199 cm³/mol. The molecule has 5 heteroatoms. The van der Waals surface area contributed by atoms with Crippen LogP contribution in [0.5, 0.6) is 0 Å². The number of carbonyl (C=O) groups excluding carboxylic acids is 1. The van der Waals surface area contributed by atoms with Crippen LogP contribution in [0.1, 0.15) is 27.0 Å². The SMILES string of the molecule is C(=Cc1ccccc1)C(=NNc1ccccc1)c1ccccc1.NNc1ccccc1.O=C(C=Cc1ccccc1)c1ccccc1. The number of benzene rings is 6. The van der Waals surface area contributed by atoms with Gasteiger partial charge in [0.1, 0.15) is 0 Å². The summed E-state index contributed by atoms with van der Waals surface area (Å²) >= 11 is 0. The quantitative estimate of drug-likeness (QED) is 0.0498. The zero-order valence-corrected chi connectivity index (χ0v) is 26.1. The van der Waals surface area contributed by atoms with Gasteiger partial charge in [0, 0.05) is 16.8 Å². The van der Waals surface area contributed by atoms with Gasteiger partial charge in [0.05, 0.1) is 11.4 Å². The van der Waals surface area contributed by atoms with Gasteiger partial charge < -0.3 is 5.43 Å². The van der Waals surface area contributed by atoms with Gasteiger partial charge in [0.15, 0.2) is 5.78 Å². The second-order valence-corrected chi connectivity index (χ2v) is 10.1. The Morgan fingerprint density at radius 2 is 0.851 bits per heavy atom. The van der Waals surface area contributed by atoms with Gasteiger partial charge in [-0.05, 0) is 47.5 Å². The highest BCUT2D eigenvalue weighted by molar-refractivity contribution is 6.11. The first-order chi connectivity index (χ1) is 23.2. The smallest absolute Gasteiger partial charge is 0.185 e. The largest absolute Gasteiger partial charge is 0.324 e. The van der Waals surface area contributed by atoms with Crippen molar-refractivity contribution in [2.75, 3.05) is 10.9 Å². The van der Waals surface area contributed by atoms with Gasteiger partial charge in [-0.2, -0.15) is 5.10 Å². The molecule has 6 aromatic carbocycles. The second kappa shape index (κ2) is 19.9. The molecule has 0 aliphatic rings. The van der Waals surface area contributed by atoms with Crippen molar-refractivity contribution in [2.45, 2.75) is 0 Å². The van der Waals surface area contributed by atoms with E-state index < -0.39 is 0 Å². The lowest BCUT2D eigenvalue weighted by Gasteiger charge is -2.04. The fourth-order valence-electron chi connectivity index (χ4n) is 4.15. The van der Waals surface area contributed by atoms with Crippen molar-refractivity contribution in [3.8, 4) is 0 Å². The Balaban J connectivity index is 0.000000180. The molecule has 0 aliphatic carbocycles. The number of hydrogen-bond donors (Lipinski definition) is 3. The molecule has 0 saturated carbocycles. The molecular formula is C42H38N4O. The van der Waals surface area contributed by atoms with E-state index in [0.717, 1.165) is 39.3 Å². The highest BCUT2D eigenvalue weighted by atomic mass is 16.1. The lowest BCUT2D eigenvalue weighted by molar-refractivity contribution is 0.104. The third kappa shape index (κ3) is 12.7. The maximum atomic E-state index is 11.7. The number of hydrazine groups is 1. The molecule has 0 aliphatic heterocycles. The molecule has 0 radical (unpaired) electrons. The average molecular weight is 615 g/mol. The molecule has 0 atom stereocenters. The van der Waals surface area contributed by atoms with Crippen molar-refractivity contribution in [3.63, 3.8) is 0 Å². The zero-order chi connectivity index (χ0) is 32.8. The van der Waals surface area contributed by atoms with E-state index in [2.05, 4.69) is 46.3 Å². The summed E-state index contributed by atoms with van der Waals surface area (Å²) in [7, 11) is 0. The van der Waals surface area contributed by atoms with Crippen LogP contribution in [0.4, 0.5) is 11.4 Å². The van der Waals surface area contributed by atoms with E-state index in [0.29, 0.717) is 0 Å². The Hall–Kier alpha value is -6.30. The number of nitrogens with two attached hydrogens (primary N) is 1. The maximum absolute atomic E-state index is 11.7. The molecule has 6 aromatic rings. The molecule has 0 bridgehead atoms. The van der Waals surface area contributed by atoms with Crippen LogP contribution in [0.25, 0.3) is 12.2 Å². The molecule has 47 heavy (non-hydrogen) atoms. The molecule has 0 heterocycles. The minimum Gasteiger partial charge on any atom is -0.324 e. The van der Waals surface area contributed by atoms with E-state index in [-0.39, 0.29) is 5.78 Å². The fraction of sp³-hybridized carbons (Fsp3) is 0. The minimum atomic E-state index is 0.0319. The number of allylic oxidation sites excluding steroid dienone is 2. The number of hydrazone groups is 1. The molecule has 5 nitrogen and oxygen atoms in total. The second-order valence-electron chi connectivity index (χ2n) is 10.1. The Morgan fingerprint density at radius 1 is 0.468 bits per heavy atom. The molecule has 4 N–H and O–H groups in total. The number of nitrogens with zero attached hydrogens (tertiary/aromatic N) is 1. The summed E-state index contributed by atoms with van der Waals surface area (Å²) in [6.07, 6.45) is 7.53. The maximum Gasteiger partial charge on any atom is 0.185 e. The number of hydrogen-bond acceptors (Lipinski definition) is 5. The topological polar surface area (TPSA) is 79.5 Å². The van der Waals surface area contributed by atoms with Gasteiger partial charge in [-0.15, -0.1) is 0 Å². The van der Waals surface area contributed by atoms with Crippen LogP contribution in [-0.4, -0.2) is 11.5 Å². The molecule has 0 aromatic heterocycles. The number of nitrogen functional groups attached to an aromatic ring is 1. The monoisotopic (exact) mass is 614 g/mol. The van der Waals surface area contributed by atoms with Crippen molar-refractivity contribution >= 4 is 35.0 Å². The van der Waals surface area contributed by atoms with Crippen LogP contribution in [0.15, 0.2) is 199 Å². The van der Waals surface area contributed by atoms with E-state index in [1.807, 2.05) is 170 Å². The van der Waals surface area contributed by atoms with Crippen LogP contribution in [-0.2, 0) is 0 Å². The van der Waals surface area contributed by atoms with Crippen LogP contribution < -0.4 is 16.7 Å². The number of para-hydroxylation sites is 2. The molecular weight excluding hydrogens is 576 g/mol. The number of carbonyl (C=O) groups is 1. The van der Waals surface area contributed by atoms with Gasteiger partial charge in [-0.3, -0.25) is 16.1 Å². The summed E-state index contributed by atoms with van der Waals surface area (Å²) in [6.45, 7) is 0. The number of nitrogens with one attached hydrogen (secondary N) is 2. The lowest BCUT2D eigenvalue weighted by Crippen LogP contribution is -2.05. The summed E-state index contributed by atoms with van der Waals surface area (Å²) < 4.78 is 0. The van der Waals surface area contributed by atoms with Gasteiger partial charge in [-0.25, -0.2) is 0 Å². The van der Waals surface area contributed by atoms with Crippen molar-refractivity contribution in [3.05, 3.63) is 216 Å². The third-order valence-electron chi connectivity index (χ3n) is 6.61. The summed E-state index contributed by atoms with van der Waals surface area (Å²) in [6, 6.07) is 59.0. The van der Waals surface area contributed by atoms with Gasteiger partial charge in [0.25, 0.3) is 0 Å². The Labute approximate surface area is 277 Å². The molecule has 0 amide bonds. The summed E-state index contributed by atoms with van der Waals surface area (Å²) in [5, 5.41) is 4.56. The number of ketones is 1. The van der Waals surface area contributed by atoms with Gasteiger partial charge >= 0.3 is 0 Å². The van der Waals surface area contributed by atoms with Crippen molar-refractivity contribution in [2.24, 2.45) is 10.9 Å². The Morgan fingerprint density at radius 3 is 1.30 bits per heavy atom. The van der Waals surface area contributed by atoms with Crippen LogP contribution in [0.3, 0.4) is 0 Å². The predicted octanol–water partition coefficient (Wildman–Crippen LogP) is 9.77. The molecule has 232 valence electrons. The fourth-order valence-corrected chi connectivity index (χ4v) is 4.15. The first-order valence-electron chi connectivity index (χ1n) is 15.2. The number of rotatable bonds is 9. The van der Waals surface area contributed by atoms with E-state index in [1.165, 1.54) is 0 Å². The molecule has 0 unspecified atom stereocenters. The minimum absolute atomic E-state index is 0.0319. The van der Waals surface area contributed by atoms with E-state index in [4.69, 9.17) is 5.84 Å². The first-order valence-corrected chi connectivity index (χ1v) is 15.2. The zero-order valence-electron chi connectivity index (χ0n) is 26.1. The number of anilines is 2.